The van der Waals surface area contributed by atoms with Crippen molar-refractivity contribution in [3.63, 3.8) is 0 Å². The van der Waals surface area contributed by atoms with Crippen LogP contribution in [0.15, 0.2) is 455 Å². The standard InChI is InChI=1S/C46H27BN2O2.C41H26BN3O2.C37H22BN3O2/c1-2-13-31(14-3-1)48-36-17-6-4-15-33(36)47-34-16-5-8-19-39(34)50-41-27-38-46(45(48)44(41)47)51-40-20-9-7-18-37(40)49(38)35-26-24-30-22-21-28-11-10-12-29-23-25-32(35)43(30)42(28)29;1-2-12-29(13-3-1)45-33-17-6-4-15-31(33)42-32-16-5-8-19-36(32)46-38-26-35-41(40(45)39(38)42)47-37-20-9-7-18-34(37)44(35)30-14-10-11-28(25-30)27-21-23-43-24-22-27;39-23-24-18-20-26(21-19-24)40-30-15-7-9-17-33(30)43-37-31(40)22-34-35-36(37)41(25-10-2-1-3-11-25)29-14-6-4-12-27(29)38(35)28-13-5-8-16-32(28)42-34/h1-27H;1-26H;1-22H. The van der Waals surface area contributed by atoms with E-state index in [-0.39, 0.29) is 20.1 Å². The zero-order chi connectivity index (χ0) is 92.6. The molecule has 1 aromatic heterocycles. The van der Waals surface area contributed by atoms with Crippen LogP contribution in [0, 0.1) is 11.3 Å². The van der Waals surface area contributed by atoms with Crippen molar-refractivity contribution in [2.24, 2.45) is 0 Å². The SMILES string of the molecule is N#Cc1ccc(N2c3ccccc3Oc3c2cc2c4c3N(c3ccccc3)c3ccccc3B4c3ccccc3O2)cc1.c1ccc(N2c3ccccc3B3c4ccccc4Oc4cc5c(c2c43)Oc2ccccc2N5c2ccc3ccc4cccc5ccc2c3c45)cc1.c1ccc(N2c3ccccc3B3c4ccccc4Oc4cc5c(c2c43)Oc2ccccc2N5c2cccc(-c3ccncc3)c2)cc1. The fraction of sp³-hybridized carbons (Fsp3) is 0. The Bertz CT molecular complexity index is 8990. The predicted octanol–water partition coefficient (Wildman–Crippen LogP) is 26.8. The van der Waals surface area contributed by atoms with Gasteiger partial charge in [0.1, 0.15) is 34.5 Å². The average Bonchev–Trinajstić information content (AvgIpc) is 0.692. The molecule has 0 amide bonds. The van der Waals surface area contributed by atoms with Gasteiger partial charge in [0.05, 0.1) is 68.5 Å². The number of rotatable bonds is 7. The van der Waals surface area contributed by atoms with Gasteiger partial charge < -0.3 is 57.8 Å². The third kappa shape index (κ3) is 12.2. The zero-order valence-corrected chi connectivity index (χ0v) is 75.6. The first-order chi connectivity index (χ1) is 69.9. The summed E-state index contributed by atoms with van der Waals surface area (Å²) in [6.07, 6.45) is 3.67. The van der Waals surface area contributed by atoms with Gasteiger partial charge >= 0.3 is 0 Å². The first kappa shape index (κ1) is 79.5. The molecule has 10 heterocycles. The van der Waals surface area contributed by atoms with Gasteiger partial charge in [0.15, 0.2) is 34.5 Å². The fourth-order valence-electron chi connectivity index (χ4n) is 23.1. The van der Waals surface area contributed by atoms with E-state index in [0.717, 1.165) is 215 Å². The Kier molecular flexibility index (Phi) is 17.8. The molecule has 0 saturated carbocycles. The van der Waals surface area contributed by atoms with E-state index in [9.17, 15) is 5.26 Å². The van der Waals surface area contributed by atoms with E-state index in [2.05, 4.69) is 398 Å². The molecule has 21 aromatic carbocycles. The van der Waals surface area contributed by atoms with Crippen LogP contribution >= 0.6 is 0 Å². The number of nitriles is 1. The van der Waals surface area contributed by atoms with Crippen molar-refractivity contribution < 1.29 is 28.4 Å². The fourth-order valence-corrected chi connectivity index (χ4v) is 23.1. The van der Waals surface area contributed by atoms with Crippen LogP contribution in [-0.4, -0.2) is 25.1 Å². The number of benzene rings is 21. The van der Waals surface area contributed by atoms with Crippen molar-refractivity contribution in [3.8, 4) is 86.2 Å². The molecular weight excluding hydrogens is 1730 g/mol. The number of hydrogen-bond acceptors (Lipinski definition) is 14. The number of nitrogens with zero attached hydrogens (tertiary/aromatic N) is 8. The van der Waals surface area contributed by atoms with Crippen LogP contribution in [0.1, 0.15) is 5.56 Å². The number of para-hydroxylation sites is 15. The van der Waals surface area contributed by atoms with Gasteiger partial charge in [0.25, 0.3) is 20.1 Å². The van der Waals surface area contributed by atoms with Crippen molar-refractivity contribution in [2.45, 2.75) is 0 Å². The topological polar surface area (TPSA) is 112 Å². The summed E-state index contributed by atoms with van der Waals surface area (Å²) in [4.78, 5) is 18.2. The molecule has 141 heavy (non-hydrogen) atoms. The molecule has 22 aromatic rings. The summed E-state index contributed by atoms with van der Waals surface area (Å²) < 4.78 is 41.6. The first-order valence-corrected chi connectivity index (χ1v) is 47.6. The maximum Gasteiger partial charge on any atom is 0.256 e. The Balaban J connectivity index is 0.000000102. The monoisotopic (exact) mass is 1800 g/mol. The molecular formula is C124H75B3N8O6. The molecule has 0 aliphatic carbocycles. The lowest BCUT2D eigenvalue weighted by Gasteiger charge is -2.43. The van der Waals surface area contributed by atoms with Crippen molar-refractivity contribution in [2.75, 3.05) is 29.4 Å². The van der Waals surface area contributed by atoms with E-state index < -0.39 is 0 Å². The molecule has 656 valence electrons. The summed E-state index contributed by atoms with van der Waals surface area (Å²) in [7, 11) is 0. The molecule has 14 nitrogen and oxygen atoms in total. The largest absolute Gasteiger partial charge is 0.458 e. The third-order valence-corrected chi connectivity index (χ3v) is 28.9. The minimum absolute atomic E-state index is 0.0179. The molecule has 9 aliphatic heterocycles. The van der Waals surface area contributed by atoms with Crippen LogP contribution in [0.5, 0.6) is 69.0 Å². The van der Waals surface area contributed by atoms with Gasteiger partial charge in [-0.15, -0.1) is 0 Å². The van der Waals surface area contributed by atoms with Crippen molar-refractivity contribution in [1.82, 2.24) is 4.98 Å². The van der Waals surface area contributed by atoms with E-state index in [1.807, 2.05) is 97.3 Å². The number of fused-ring (bicyclic) bond motifs is 21. The lowest BCUT2D eigenvalue weighted by Crippen LogP contribution is -2.59. The summed E-state index contributed by atoms with van der Waals surface area (Å²) in [5.41, 5.74) is 31.4. The molecule has 17 heteroatoms. The van der Waals surface area contributed by atoms with Crippen LogP contribution in [0.2, 0.25) is 0 Å². The van der Waals surface area contributed by atoms with E-state index in [0.29, 0.717) is 5.56 Å². The Morgan fingerprint density at radius 1 is 0.213 bits per heavy atom. The van der Waals surface area contributed by atoms with Crippen molar-refractivity contribution >= 4 is 204 Å². The Morgan fingerprint density at radius 3 is 0.979 bits per heavy atom. The molecule has 9 aliphatic rings. The maximum atomic E-state index is 9.48. The maximum absolute atomic E-state index is 9.48. The normalized spacial score (nSPS) is 13.5. The zero-order valence-electron chi connectivity index (χ0n) is 75.6. The van der Waals surface area contributed by atoms with E-state index >= 15 is 0 Å². The second-order valence-electron chi connectivity index (χ2n) is 36.5. The van der Waals surface area contributed by atoms with Crippen LogP contribution < -0.4 is 107 Å². The third-order valence-electron chi connectivity index (χ3n) is 28.9. The number of hydrogen-bond donors (Lipinski definition) is 0. The summed E-state index contributed by atoms with van der Waals surface area (Å²) in [5.74, 6) is 9.82. The van der Waals surface area contributed by atoms with Gasteiger partial charge in [-0.3, -0.25) is 4.98 Å². The van der Waals surface area contributed by atoms with E-state index in [1.54, 1.807) is 0 Å². The highest BCUT2D eigenvalue weighted by Crippen LogP contribution is 2.64. The molecule has 0 fully saturated rings. The van der Waals surface area contributed by atoms with Crippen LogP contribution in [0.3, 0.4) is 0 Å². The number of pyridine rings is 1. The summed E-state index contributed by atoms with van der Waals surface area (Å²) in [6.45, 7) is -0.0682. The minimum Gasteiger partial charge on any atom is -0.458 e. The summed E-state index contributed by atoms with van der Waals surface area (Å²) in [6, 6.07) is 157. The van der Waals surface area contributed by atoms with Gasteiger partial charge in [-0.25, -0.2) is 0 Å². The van der Waals surface area contributed by atoms with E-state index in [1.165, 1.54) is 48.7 Å². The molecule has 0 spiro atoms. The summed E-state index contributed by atoms with van der Waals surface area (Å²) >= 11 is 0. The molecule has 0 bridgehead atoms. The minimum atomic E-state index is -0.0273. The van der Waals surface area contributed by atoms with Crippen LogP contribution in [0.4, 0.5) is 102 Å². The highest BCUT2D eigenvalue weighted by atomic mass is 16.5. The Morgan fingerprint density at radius 2 is 0.546 bits per heavy atom. The Labute approximate surface area is 813 Å². The second-order valence-corrected chi connectivity index (χ2v) is 36.5. The Hall–Kier alpha value is -18.9. The van der Waals surface area contributed by atoms with Gasteiger partial charge in [-0.05, 0) is 235 Å². The second kappa shape index (κ2) is 31.6. The van der Waals surface area contributed by atoms with Gasteiger partial charge in [-0.2, -0.15) is 5.26 Å². The van der Waals surface area contributed by atoms with Crippen LogP contribution in [0.25, 0.3) is 43.4 Å². The smallest absolute Gasteiger partial charge is 0.256 e. The molecule has 0 unspecified atom stereocenters. The van der Waals surface area contributed by atoms with Crippen LogP contribution in [-0.2, 0) is 0 Å². The predicted molar refractivity (Wildman–Crippen MR) is 573 cm³/mol. The highest BCUT2D eigenvalue weighted by Gasteiger charge is 2.51. The highest BCUT2D eigenvalue weighted by molar-refractivity contribution is 7.01. The molecule has 0 N–H and O–H groups in total. The molecule has 0 saturated heterocycles. The van der Waals surface area contributed by atoms with Gasteiger partial charge in [0.2, 0.25) is 0 Å². The molecule has 31 rings (SSSR count). The van der Waals surface area contributed by atoms with E-state index in [4.69, 9.17) is 28.4 Å². The lowest BCUT2D eigenvalue weighted by molar-refractivity contribution is 0.469. The molecule has 0 atom stereocenters. The van der Waals surface area contributed by atoms with Gasteiger partial charge in [0, 0.05) is 97.9 Å². The molecule has 0 radical (unpaired) electrons. The lowest BCUT2D eigenvalue weighted by atomic mass is 9.34. The quantitative estimate of drug-likeness (QED) is 0.111. The summed E-state index contributed by atoms with van der Waals surface area (Å²) in [5, 5.41) is 17.0. The number of ether oxygens (including phenoxy) is 6. The van der Waals surface area contributed by atoms with Crippen molar-refractivity contribution in [3.05, 3.63) is 461 Å². The number of anilines is 18. The average molecular weight is 1810 g/mol. The first-order valence-electron chi connectivity index (χ1n) is 47.6. The number of aromatic nitrogens is 1. The van der Waals surface area contributed by atoms with Crippen molar-refractivity contribution in [1.29, 1.82) is 5.26 Å². The van der Waals surface area contributed by atoms with Gasteiger partial charge in [-0.1, -0.05) is 261 Å².